The zero-order chi connectivity index (χ0) is 19.5. The lowest BCUT2D eigenvalue weighted by molar-refractivity contribution is -0.159. The van der Waals surface area contributed by atoms with Gasteiger partial charge in [0.1, 0.15) is 6.54 Å². The van der Waals surface area contributed by atoms with Gasteiger partial charge in [-0.1, -0.05) is 6.07 Å². The number of carbonyl (C=O) groups excluding carboxylic acids is 2. The topological polar surface area (TPSA) is 76.4 Å². The highest BCUT2D eigenvalue weighted by Gasteiger charge is 2.42. The Bertz CT molecular complexity index is 729. The number of halogens is 3. The molecule has 1 aromatic carbocycles. The Kier molecular flexibility index (Phi) is 5.87. The number of nitriles is 1. The van der Waals surface area contributed by atoms with Gasteiger partial charge in [0.2, 0.25) is 11.8 Å². The number of likely N-dealkylation sites (N-methyl/N-ethyl adjacent to an activating group) is 1. The molecule has 1 N–H and O–H groups in total. The van der Waals surface area contributed by atoms with Gasteiger partial charge in [0, 0.05) is 12.2 Å². The average molecular weight is 368 g/mol. The normalized spacial score (nSPS) is 18.7. The fourth-order valence-corrected chi connectivity index (χ4v) is 2.84. The number of nitrogens with one attached hydrogen (secondary N) is 1. The molecule has 0 spiro atoms. The third-order valence-electron chi connectivity index (χ3n) is 4.38. The van der Waals surface area contributed by atoms with Gasteiger partial charge in [-0.25, -0.2) is 0 Å². The van der Waals surface area contributed by atoms with Gasteiger partial charge in [-0.3, -0.25) is 14.5 Å². The van der Waals surface area contributed by atoms with E-state index in [2.05, 4.69) is 5.32 Å². The molecular weight excluding hydrogens is 349 g/mol. The summed E-state index contributed by atoms with van der Waals surface area (Å²) in [5, 5.41) is 11.5. The summed E-state index contributed by atoms with van der Waals surface area (Å²) < 4.78 is 37.5. The Labute approximate surface area is 149 Å². The van der Waals surface area contributed by atoms with Gasteiger partial charge in [0.05, 0.1) is 23.7 Å². The quantitative estimate of drug-likeness (QED) is 0.862. The van der Waals surface area contributed by atoms with Crippen molar-refractivity contribution in [2.24, 2.45) is 0 Å². The predicted molar refractivity (Wildman–Crippen MR) is 88.1 cm³/mol. The number of rotatable bonds is 5. The number of amides is 2. The first-order valence-corrected chi connectivity index (χ1v) is 8.01. The number of carbonyl (C=O) groups is 2. The molecule has 0 saturated carbocycles. The molecule has 1 saturated heterocycles. The van der Waals surface area contributed by atoms with E-state index in [-0.39, 0.29) is 13.0 Å². The van der Waals surface area contributed by atoms with Crippen LogP contribution >= 0.6 is 0 Å². The first-order chi connectivity index (χ1) is 12.1. The summed E-state index contributed by atoms with van der Waals surface area (Å²) in [6.45, 7) is 0.298. The molecule has 2 unspecified atom stereocenters. The van der Waals surface area contributed by atoms with E-state index in [0.717, 1.165) is 4.90 Å². The minimum absolute atomic E-state index is 0.00586. The van der Waals surface area contributed by atoms with Crippen LogP contribution in [-0.2, 0) is 9.59 Å². The second-order valence-electron chi connectivity index (χ2n) is 6.20. The summed E-state index contributed by atoms with van der Waals surface area (Å²) >= 11 is 0. The second kappa shape index (κ2) is 7.74. The summed E-state index contributed by atoms with van der Waals surface area (Å²) in [4.78, 5) is 26.8. The standard InChI is InChI=1S/C17H19F3N4O2/c1-11(15(25)22-13-5-3-4-12(8-13)9-21)23(2)14-6-7-24(16(14)26)10-17(18,19)20/h3-5,8,11,14H,6-7,10H2,1-2H3,(H,22,25). The molecule has 0 bridgehead atoms. The van der Waals surface area contributed by atoms with Crippen LogP contribution in [0, 0.1) is 11.3 Å². The molecule has 26 heavy (non-hydrogen) atoms. The zero-order valence-corrected chi connectivity index (χ0v) is 14.4. The van der Waals surface area contributed by atoms with E-state index in [0.29, 0.717) is 11.3 Å². The highest BCUT2D eigenvalue weighted by molar-refractivity contribution is 5.95. The van der Waals surface area contributed by atoms with Crippen LogP contribution in [0.1, 0.15) is 18.9 Å². The molecular formula is C17H19F3N4O2. The molecule has 9 heteroatoms. The maximum atomic E-state index is 12.5. The van der Waals surface area contributed by atoms with E-state index in [1.54, 1.807) is 25.1 Å². The van der Waals surface area contributed by atoms with Crippen LogP contribution in [0.5, 0.6) is 0 Å². The Balaban J connectivity index is 2.00. The van der Waals surface area contributed by atoms with Gasteiger partial charge in [-0.05, 0) is 38.6 Å². The van der Waals surface area contributed by atoms with Gasteiger partial charge in [0.15, 0.2) is 0 Å². The molecule has 0 aromatic heterocycles. The molecule has 1 aliphatic heterocycles. The zero-order valence-electron chi connectivity index (χ0n) is 14.4. The molecule has 2 atom stereocenters. The monoisotopic (exact) mass is 368 g/mol. The summed E-state index contributed by atoms with van der Waals surface area (Å²) in [6, 6.07) is 6.80. The first-order valence-electron chi connectivity index (χ1n) is 8.01. The molecule has 1 aliphatic rings. The predicted octanol–water partition coefficient (Wildman–Crippen LogP) is 1.98. The van der Waals surface area contributed by atoms with E-state index in [1.165, 1.54) is 18.0 Å². The molecule has 2 rings (SSSR count). The van der Waals surface area contributed by atoms with Crippen LogP contribution < -0.4 is 5.32 Å². The summed E-state index contributed by atoms with van der Waals surface area (Å²) in [5.74, 6) is -1.04. The van der Waals surface area contributed by atoms with Crippen LogP contribution in [0.25, 0.3) is 0 Å². The van der Waals surface area contributed by atoms with Gasteiger partial charge in [-0.2, -0.15) is 18.4 Å². The molecule has 0 radical (unpaired) electrons. The lowest BCUT2D eigenvalue weighted by Gasteiger charge is -2.29. The van der Waals surface area contributed by atoms with Crippen molar-refractivity contribution >= 4 is 17.5 Å². The molecule has 6 nitrogen and oxygen atoms in total. The van der Waals surface area contributed by atoms with Crippen LogP contribution in [0.3, 0.4) is 0 Å². The van der Waals surface area contributed by atoms with Crippen molar-refractivity contribution in [3.8, 4) is 6.07 Å². The van der Waals surface area contributed by atoms with Crippen molar-refractivity contribution in [1.82, 2.24) is 9.80 Å². The van der Waals surface area contributed by atoms with Gasteiger partial charge in [-0.15, -0.1) is 0 Å². The minimum Gasteiger partial charge on any atom is -0.332 e. The molecule has 1 heterocycles. The summed E-state index contributed by atoms with van der Waals surface area (Å²) in [7, 11) is 1.54. The molecule has 1 fully saturated rings. The first kappa shape index (κ1) is 19.7. The van der Waals surface area contributed by atoms with Crippen LogP contribution in [0.4, 0.5) is 18.9 Å². The number of anilines is 1. The van der Waals surface area contributed by atoms with Crippen LogP contribution in [0.15, 0.2) is 24.3 Å². The maximum absolute atomic E-state index is 12.5. The van der Waals surface area contributed by atoms with Crippen molar-refractivity contribution in [3.05, 3.63) is 29.8 Å². The SMILES string of the molecule is CC(C(=O)Nc1cccc(C#N)c1)N(C)C1CCN(CC(F)(F)F)C1=O. The fourth-order valence-electron chi connectivity index (χ4n) is 2.84. The van der Waals surface area contributed by atoms with E-state index < -0.39 is 36.6 Å². The van der Waals surface area contributed by atoms with E-state index in [1.807, 2.05) is 6.07 Å². The summed E-state index contributed by atoms with van der Waals surface area (Å²) in [6.07, 6.45) is -4.22. The minimum atomic E-state index is -4.45. The third-order valence-corrected chi connectivity index (χ3v) is 4.38. The highest BCUT2D eigenvalue weighted by atomic mass is 19.4. The molecule has 2 amide bonds. The number of nitrogens with zero attached hydrogens (tertiary/aromatic N) is 3. The van der Waals surface area contributed by atoms with E-state index >= 15 is 0 Å². The van der Waals surface area contributed by atoms with Crippen molar-refractivity contribution in [1.29, 1.82) is 5.26 Å². The van der Waals surface area contributed by atoms with E-state index in [9.17, 15) is 22.8 Å². The molecule has 140 valence electrons. The van der Waals surface area contributed by atoms with Crippen molar-refractivity contribution in [3.63, 3.8) is 0 Å². The largest absolute Gasteiger partial charge is 0.406 e. The van der Waals surface area contributed by atoms with E-state index in [4.69, 9.17) is 5.26 Å². The third kappa shape index (κ3) is 4.73. The Morgan fingerprint density at radius 2 is 2.19 bits per heavy atom. The average Bonchev–Trinajstić information content (AvgIpc) is 2.92. The Morgan fingerprint density at radius 1 is 1.50 bits per heavy atom. The Hall–Kier alpha value is -2.60. The second-order valence-corrected chi connectivity index (χ2v) is 6.20. The fraction of sp³-hybridized carbons (Fsp3) is 0.471. The van der Waals surface area contributed by atoms with Crippen LogP contribution in [-0.4, -0.2) is 60.0 Å². The number of hydrogen-bond acceptors (Lipinski definition) is 4. The van der Waals surface area contributed by atoms with Gasteiger partial charge >= 0.3 is 6.18 Å². The molecule has 0 aliphatic carbocycles. The maximum Gasteiger partial charge on any atom is 0.406 e. The number of alkyl halides is 3. The van der Waals surface area contributed by atoms with Crippen molar-refractivity contribution in [2.75, 3.05) is 25.5 Å². The lowest BCUT2D eigenvalue weighted by Crippen LogP contribution is -2.49. The van der Waals surface area contributed by atoms with Gasteiger partial charge in [0.25, 0.3) is 0 Å². The Morgan fingerprint density at radius 3 is 2.81 bits per heavy atom. The van der Waals surface area contributed by atoms with Crippen LogP contribution in [0.2, 0.25) is 0 Å². The van der Waals surface area contributed by atoms with Crippen molar-refractivity contribution in [2.45, 2.75) is 31.6 Å². The molecule has 1 aromatic rings. The lowest BCUT2D eigenvalue weighted by atomic mass is 10.1. The number of benzene rings is 1. The van der Waals surface area contributed by atoms with Crippen molar-refractivity contribution < 1.29 is 22.8 Å². The number of likely N-dealkylation sites (tertiary alicyclic amines) is 1. The number of hydrogen-bond donors (Lipinski definition) is 1. The highest BCUT2D eigenvalue weighted by Crippen LogP contribution is 2.24. The van der Waals surface area contributed by atoms with Gasteiger partial charge < -0.3 is 10.2 Å². The smallest absolute Gasteiger partial charge is 0.332 e. The summed E-state index contributed by atoms with van der Waals surface area (Å²) in [5.41, 5.74) is 0.823.